The van der Waals surface area contributed by atoms with Crippen LogP contribution < -0.4 is 10.9 Å². The number of rotatable bonds is 6. The lowest BCUT2D eigenvalue weighted by Crippen LogP contribution is -2.43. The molecule has 0 aliphatic rings. The number of carbonyl (C=O) groups is 2. The Bertz CT molecular complexity index is 1110. The van der Waals surface area contributed by atoms with E-state index in [0.29, 0.717) is 11.1 Å². The van der Waals surface area contributed by atoms with Crippen LogP contribution in [-0.4, -0.2) is 21.7 Å². The van der Waals surface area contributed by atoms with Crippen LogP contribution in [0.15, 0.2) is 85.3 Å². The minimum atomic E-state index is -0.730. The van der Waals surface area contributed by atoms with Crippen LogP contribution >= 0.6 is 0 Å². The second kappa shape index (κ2) is 7.85. The molecule has 1 amide bonds. The lowest BCUT2D eigenvalue weighted by molar-refractivity contribution is 0.0884. The van der Waals surface area contributed by atoms with Crippen LogP contribution in [0, 0.1) is 0 Å². The van der Waals surface area contributed by atoms with Gasteiger partial charge in [0, 0.05) is 40.6 Å². The van der Waals surface area contributed by atoms with Gasteiger partial charge < -0.3 is 4.98 Å². The van der Waals surface area contributed by atoms with E-state index >= 15 is 0 Å². The monoisotopic (exact) mass is 370 g/mol. The Balaban J connectivity index is 1.62. The first kappa shape index (κ1) is 17.6. The van der Waals surface area contributed by atoms with Crippen molar-refractivity contribution in [3.63, 3.8) is 0 Å². The molecule has 4 aromatic rings. The number of aromatic amines is 1. The summed E-state index contributed by atoms with van der Waals surface area (Å²) in [6, 6.07) is 19.4. The van der Waals surface area contributed by atoms with E-state index in [0.717, 1.165) is 16.5 Å². The summed E-state index contributed by atoms with van der Waals surface area (Å²) in [5, 5.41) is 0.843. The number of aromatic nitrogens is 2. The molecule has 28 heavy (non-hydrogen) atoms. The summed E-state index contributed by atoms with van der Waals surface area (Å²) >= 11 is 0. The van der Waals surface area contributed by atoms with Crippen LogP contribution in [0.1, 0.15) is 32.3 Å². The lowest BCUT2D eigenvalue weighted by atomic mass is 9.97. The molecular formula is C22H18N4O2. The number of hydrazine groups is 1. The largest absolute Gasteiger partial charge is 0.360 e. The van der Waals surface area contributed by atoms with Gasteiger partial charge in [0.25, 0.3) is 5.91 Å². The van der Waals surface area contributed by atoms with Gasteiger partial charge in [0.2, 0.25) is 0 Å². The molecule has 0 fully saturated rings. The van der Waals surface area contributed by atoms with Crippen molar-refractivity contribution in [3.8, 4) is 0 Å². The first-order chi connectivity index (χ1) is 13.7. The maximum absolute atomic E-state index is 13.3. The number of fused-ring (bicyclic) bond motifs is 1. The van der Waals surface area contributed by atoms with Crippen LogP contribution in [-0.2, 0) is 0 Å². The predicted molar refractivity (Wildman–Crippen MR) is 107 cm³/mol. The average molecular weight is 370 g/mol. The standard InChI is InChI=1S/C22H18N4O2/c27-21(18-14-24-19-9-5-4-8-17(18)19)20(15-6-2-1-3-7-15)25-26-22(28)16-10-12-23-13-11-16/h1-14,20,24-25H,(H,26,28)/t20-/m1/s1. The van der Waals surface area contributed by atoms with Gasteiger partial charge in [0.1, 0.15) is 6.04 Å². The Morgan fingerprint density at radius 2 is 1.61 bits per heavy atom. The third-order valence-corrected chi connectivity index (χ3v) is 4.52. The quantitative estimate of drug-likeness (QED) is 0.358. The fourth-order valence-corrected chi connectivity index (χ4v) is 3.09. The number of carbonyl (C=O) groups excluding carboxylic acids is 2. The number of nitrogens with one attached hydrogen (secondary N) is 3. The summed E-state index contributed by atoms with van der Waals surface area (Å²) in [5.74, 6) is -0.478. The number of amides is 1. The first-order valence-corrected chi connectivity index (χ1v) is 8.85. The number of benzene rings is 2. The van der Waals surface area contributed by atoms with E-state index in [4.69, 9.17) is 0 Å². The van der Waals surface area contributed by atoms with Gasteiger partial charge in [-0.2, -0.15) is 0 Å². The highest BCUT2D eigenvalue weighted by molar-refractivity contribution is 6.10. The Labute approximate surface area is 161 Å². The molecule has 4 rings (SSSR count). The second-order valence-electron chi connectivity index (χ2n) is 6.29. The number of para-hydroxylation sites is 1. The molecule has 0 spiro atoms. The molecule has 1 atom stereocenters. The van der Waals surface area contributed by atoms with E-state index in [1.807, 2.05) is 54.6 Å². The van der Waals surface area contributed by atoms with Crippen molar-refractivity contribution in [1.29, 1.82) is 0 Å². The summed E-state index contributed by atoms with van der Waals surface area (Å²) in [5.41, 5.74) is 8.21. The summed E-state index contributed by atoms with van der Waals surface area (Å²) in [6.07, 6.45) is 4.79. The van der Waals surface area contributed by atoms with E-state index in [9.17, 15) is 9.59 Å². The van der Waals surface area contributed by atoms with Gasteiger partial charge >= 0.3 is 0 Å². The van der Waals surface area contributed by atoms with Gasteiger partial charge in [0.15, 0.2) is 5.78 Å². The van der Waals surface area contributed by atoms with Crippen molar-refractivity contribution in [3.05, 3.63) is 102 Å². The van der Waals surface area contributed by atoms with Crippen molar-refractivity contribution >= 4 is 22.6 Å². The number of nitrogens with zero attached hydrogens (tertiary/aromatic N) is 1. The molecular weight excluding hydrogens is 352 g/mol. The van der Waals surface area contributed by atoms with Crippen LogP contribution in [0.5, 0.6) is 0 Å². The maximum atomic E-state index is 13.3. The Hall–Kier alpha value is -3.77. The molecule has 2 aromatic heterocycles. The minimum absolute atomic E-state index is 0.140. The van der Waals surface area contributed by atoms with E-state index < -0.39 is 6.04 Å². The van der Waals surface area contributed by atoms with Crippen molar-refractivity contribution in [2.45, 2.75) is 6.04 Å². The van der Waals surface area contributed by atoms with Gasteiger partial charge in [0.05, 0.1) is 0 Å². The van der Waals surface area contributed by atoms with Gasteiger partial charge in [-0.25, -0.2) is 5.43 Å². The number of hydrogen-bond donors (Lipinski definition) is 3. The highest BCUT2D eigenvalue weighted by Crippen LogP contribution is 2.24. The third-order valence-electron chi connectivity index (χ3n) is 4.52. The smallest absolute Gasteiger partial charge is 0.265 e. The predicted octanol–water partition coefficient (Wildman–Crippen LogP) is 3.42. The average Bonchev–Trinajstić information content (AvgIpc) is 3.19. The molecule has 2 aromatic carbocycles. The van der Waals surface area contributed by atoms with Crippen molar-refractivity contribution in [2.24, 2.45) is 0 Å². The zero-order valence-corrected chi connectivity index (χ0v) is 14.9. The Morgan fingerprint density at radius 1 is 0.893 bits per heavy atom. The fourth-order valence-electron chi connectivity index (χ4n) is 3.09. The molecule has 0 aliphatic carbocycles. The van der Waals surface area contributed by atoms with Gasteiger partial charge in [-0.1, -0.05) is 48.5 Å². The summed E-state index contributed by atoms with van der Waals surface area (Å²) in [6.45, 7) is 0. The van der Waals surface area contributed by atoms with Crippen LogP contribution in [0.3, 0.4) is 0 Å². The number of pyridine rings is 1. The normalized spacial score (nSPS) is 11.9. The molecule has 0 saturated carbocycles. The fraction of sp³-hybridized carbons (Fsp3) is 0.0455. The van der Waals surface area contributed by atoms with E-state index in [1.54, 1.807) is 30.7 Å². The molecule has 6 heteroatoms. The van der Waals surface area contributed by atoms with E-state index in [-0.39, 0.29) is 11.7 Å². The minimum Gasteiger partial charge on any atom is -0.360 e. The highest BCUT2D eigenvalue weighted by Gasteiger charge is 2.24. The van der Waals surface area contributed by atoms with Gasteiger partial charge in [-0.05, 0) is 23.8 Å². The summed E-state index contributed by atoms with van der Waals surface area (Å²) in [4.78, 5) is 32.7. The second-order valence-corrected chi connectivity index (χ2v) is 6.29. The first-order valence-electron chi connectivity index (χ1n) is 8.85. The van der Waals surface area contributed by atoms with E-state index in [2.05, 4.69) is 20.8 Å². The Kier molecular flexibility index (Phi) is 4.95. The van der Waals surface area contributed by atoms with Gasteiger partial charge in [-0.15, -0.1) is 0 Å². The molecule has 2 heterocycles. The molecule has 3 N–H and O–H groups in total. The molecule has 0 aliphatic heterocycles. The van der Waals surface area contributed by atoms with Crippen molar-refractivity contribution in [1.82, 2.24) is 20.8 Å². The lowest BCUT2D eigenvalue weighted by Gasteiger charge is -2.18. The van der Waals surface area contributed by atoms with Crippen molar-refractivity contribution in [2.75, 3.05) is 0 Å². The summed E-state index contributed by atoms with van der Waals surface area (Å²) in [7, 11) is 0. The summed E-state index contributed by atoms with van der Waals surface area (Å²) < 4.78 is 0. The van der Waals surface area contributed by atoms with Crippen molar-refractivity contribution < 1.29 is 9.59 Å². The SMILES string of the molecule is O=C(NN[C@@H](C(=O)c1c[nH]c2ccccc12)c1ccccc1)c1ccncc1. The van der Waals surface area contributed by atoms with Crippen LogP contribution in [0.4, 0.5) is 0 Å². The van der Waals surface area contributed by atoms with Gasteiger partial charge in [-0.3, -0.25) is 20.0 Å². The van der Waals surface area contributed by atoms with E-state index in [1.165, 1.54) is 0 Å². The molecule has 0 bridgehead atoms. The maximum Gasteiger partial charge on any atom is 0.265 e. The zero-order chi connectivity index (χ0) is 19.3. The molecule has 0 unspecified atom stereocenters. The number of hydrogen-bond acceptors (Lipinski definition) is 4. The Morgan fingerprint density at radius 3 is 2.39 bits per heavy atom. The highest BCUT2D eigenvalue weighted by atomic mass is 16.2. The molecule has 138 valence electrons. The van der Waals surface area contributed by atoms with Crippen LogP contribution in [0.2, 0.25) is 0 Å². The zero-order valence-electron chi connectivity index (χ0n) is 14.9. The molecule has 0 radical (unpaired) electrons. The number of H-pyrrole nitrogens is 1. The third kappa shape index (κ3) is 3.54. The molecule has 6 nitrogen and oxygen atoms in total. The molecule has 0 saturated heterocycles. The van der Waals surface area contributed by atoms with Crippen LogP contribution in [0.25, 0.3) is 10.9 Å². The number of ketones is 1. The topological polar surface area (TPSA) is 86.9 Å². The number of Topliss-reactive ketones (excluding diaryl/α,β-unsaturated/α-hetero) is 1.